The summed E-state index contributed by atoms with van der Waals surface area (Å²) in [6, 6.07) is 11.4. The molecule has 2 aromatic carbocycles. The zero-order valence-electron chi connectivity index (χ0n) is 16.3. The Bertz CT molecular complexity index is 1160. The van der Waals surface area contributed by atoms with Gasteiger partial charge in [-0.05, 0) is 37.3 Å². The van der Waals surface area contributed by atoms with Crippen LogP contribution in [0.5, 0.6) is 0 Å². The molecule has 158 valence electrons. The number of amides is 1. The molecule has 30 heavy (non-hydrogen) atoms. The number of nitrogens with one attached hydrogen (secondary N) is 2. The van der Waals surface area contributed by atoms with Gasteiger partial charge in [0.25, 0.3) is 5.91 Å². The second-order valence-electron chi connectivity index (χ2n) is 7.00. The van der Waals surface area contributed by atoms with Crippen LogP contribution in [0.15, 0.2) is 47.4 Å². The van der Waals surface area contributed by atoms with Crippen LogP contribution in [0.25, 0.3) is 11.0 Å². The number of sulfonamides is 1. The molecular weight excluding hydrogens is 428 g/mol. The van der Waals surface area contributed by atoms with Crippen molar-refractivity contribution in [2.24, 2.45) is 0 Å². The molecule has 0 bridgehead atoms. The maximum atomic E-state index is 13.0. The number of carbonyl (C=O) groups is 1. The molecule has 8 nitrogen and oxygen atoms in total. The van der Waals surface area contributed by atoms with Gasteiger partial charge in [-0.1, -0.05) is 23.7 Å². The molecule has 1 aromatic heterocycles. The highest BCUT2D eigenvalue weighted by Crippen LogP contribution is 2.27. The maximum Gasteiger partial charge on any atom is 0.251 e. The second-order valence-corrected chi connectivity index (χ2v) is 9.31. The van der Waals surface area contributed by atoms with Crippen LogP contribution >= 0.6 is 11.6 Å². The van der Waals surface area contributed by atoms with Gasteiger partial charge in [-0.2, -0.15) is 4.31 Å². The zero-order chi connectivity index (χ0) is 21.3. The molecule has 1 amide bonds. The van der Waals surface area contributed by atoms with Crippen LogP contribution < -0.4 is 5.32 Å². The first-order chi connectivity index (χ1) is 14.4. The fourth-order valence-corrected chi connectivity index (χ4v) is 5.20. The molecule has 10 heteroatoms. The summed E-state index contributed by atoms with van der Waals surface area (Å²) < 4.78 is 32.5. The van der Waals surface area contributed by atoms with E-state index in [-0.39, 0.29) is 28.6 Å². The van der Waals surface area contributed by atoms with Crippen molar-refractivity contribution in [3.8, 4) is 0 Å². The van der Waals surface area contributed by atoms with Gasteiger partial charge in [-0.3, -0.25) is 4.79 Å². The Morgan fingerprint density at radius 2 is 1.97 bits per heavy atom. The van der Waals surface area contributed by atoms with E-state index < -0.39 is 22.0 Å². The highest BCUT2D eigenvalue weighted by atomic mass is 35.5. The number of hydrogen-bond acceptors (Lipinski definition) is 5. The van der Waals surface area contributed by atoms with Crippen LogP contribution in [0.1, 0.15) is 29.1 Å². The van der Waals surface area contributed by atoms with E-state index in [0.717, 1.165) is 11.0 Å². The molecule has 0 unspecified atom stereocenters. The van der Waals surface area contributed by atoms with E-state index in [1.165, 1.54) is 22.5 Å². The average molecular weight is 449 g/mol. The van der Waals surface area contributed by atoms with Crippen molar-refractivity contribution in [3.63, 3.8) is 0 Å². The molecule has 3 aromatic rings. The summed E-state index contributed by atoms with van der Waals surface area (Å²) in [5.74, 6) is 0.192. The lowest BCUT2D eigenvalue weighted by Gasteiger charge is -2.26. The molecule has 1 fully saturated rings. The Labute approximate surface area is 179 Å². The summed E-state index contributed by atoms with van der Waals surface area (Å²) >= 11 is 6.17. The number of ether oxygens (including phenoxy) is 1. The minimum absolute atomic E-state index is 0.0726. The first-order valence-corrected chi connectivity index (χ1v) is 11.3. The number of hydrogen-bond donors (Lipinski definition) is 2. The van der Waals surface area contributed by atoms with Gasteiger partial charge < -0.3 is 15.0 Å². The highest BCUT2D eigenvalue weighted by molar-refractivity contribution is 7.89. The third kappa shape index (κ3) is 4.06. The quantitative estimate of drug-likeness (QED) is 0.624. The fourth-order valence-electron chi connectivity index (χ4n) is 3.29. The van der Waals surface area contributed by atoms with Crippen molar-refractivity contribution in [3.05, 3.63) is 58.9 Å². The number of nitrogens with zero attached hydrogens (tertiary/aromatic N) is 2. The van der Waals surface area contributed by atoms with Crippen LogP contribution in [0, 0.1) is 0 Å². The average Bonchev–Trinajstić information content (AvgIpc) is 3.19. The summed E-state index contributed by atoms with van der Waals surface area (Å²) in [5.41, 5.74) is 1.88. The minimum atomic E-state index is -3.82. The predicted molar refractivity (Wildman–Crippen MR) is 113 cm³/mol. The molecule has 2 N–H and O–H groups in total. The second kappa shape index (κ2) is 8.35. The molecule has 1 atom stereocenters. The number of imidazole rings is 1. The van der Waals surface area contributed by atoms with E-state index in [2.05, 4.69) is 15.3 Å². The minimum Gasteiger partial charge on any atom is -0.379 e. The van der Waals surface area contributed by atoms with Gasteiger partial charge >= 0.3 is 0 Å². The Balaban J connectivity index is 1.56. The monoisotopic (exact) mass is 448 g/mol. The van der Waals surface area contributed by atoms with Crippen LogP contribution in [0.4, 0.5) is 0 Å². The SMILES string of the molecule is C[C@H](NC(=O)c1ccc(Cl)c(S(=O)(=O)N2CCOCC2)c1)c1nc2ccccc2[nH]1. The van der Waals surface area contributed by atoms with Gasteiger partial charge in [-0.25, -0.2) is 13.4 Å². The van der Waals surface area contributed by atoms with Crippen molar-refractivity contribution in [1.29, 1.82) is 0 Å². The van der Waals surface area contributed by atoms with Crippen LogP contribution in [0.3, 0.4) is 0 Å². The number of carbonyl (C=O) groups excluding carboxylic acids is 1. The Kier molecular flexibility index (Phi) is 5.79. The number of H-pyrrole nitrogens is 1. The molecule has 0 aliphatic carbocycles. The summed E-state index contributed by atoms with van der Waals surface area (Å²) in [7, 11) is -3.82. The largest absolute Gasteiger partial charge is 0.379 e. The smallest absolute Gasteiger partial charge is 0.251 e. The first kappa shape index (κ1) is 20.8. The topological polar surface area (TPSA) is 104 Å². The molecular formula is C20H21ClN4O4S. The van der Waals surface area contributed by atoms with E-state index >= 15 is 0 Å². The normalized spacial score (nSPS) is 16.5. The van der Waals surface area contributed by atoms with Crippen molar-refractivity contribution < 1.29 is 17.9 Å². The van der Waals surface area contributed by atoms with E-state index in [1.54, 1.807) is 6.92 Å². The number of aromatic nitrogens is 2. The number of aromatic amines is 1. The standard InChI is InChI=1S/C20H21ClN4O4S/c1-13(19-23-16-4-2-3-5-17(16)24-19)22-20(26)14-6-7-15(21)18(12-14)30(27,28)25-8-10-29-11-9-25/h2-7,12-13H,8-11H2,1H3,(H,22,26)(H,23,24)/t13-/m0/s1. The van der Waals surface area contributed by atoms with Crippen molar-refractivity contribution in [2.45, 2.75) is 17.9 Å². The fraction of sp³-hybridized carbons (Fsp3) is 0.300. The molecule has 2 heterocycles. The molecule has 4 rings (SSSR count). The summed E-state index contributed by atoms with van der Waals surface area (Å²) in [6.07, 6.45) is 0. The lowest BCUT2D eigenvalue weighted by molar-refractivity contribution is 0.0730. The summed E-state index contributed by atoms with van der Waals surface area (Å²) in [4.78, 5) is 20.4. The number of fused-ring (bicyclic) bond motifs is 1. The van der Waals surface area contributed by atoms with Gasteiger partial charge in [0.1, 0.15) is 10.7 Å². The van der Waals surface area contributed by atoms with E-state index in [4.69, 9.17) is 16.3 Å². The molecule has 0 spiro atoms. The summed E-state index contributed by atoms with van der Waals surface area (Å²) in [5, 5.41) is 2.92. The van der Waals surface area contributed by atoms with Gasteiger partial charge in [0, 0.05) is 18.7 Å². The third-order valence-electron chi connectivity index (χ3n) is 4.95. The van der Waals surface area contributed by atoms with Crippen molar-refractivity contribution >= 4 is 38.6 Å². The van der Waals surface area contributed by atoms with Gasteiger partial charge in [0.15, 0.2) is 0 Å². The Morgan fingerprint density at radius 3 is 2.70 bits per heavy atom. The number of benzene rings is 2. The molecule has 0 saturated carbocycles. The van der Waals surface area contributed by atoms with Crippen molar-refractivity contribution in [1.82, 2.24) is 19.6 Å². The van der Waals surface area contributed by atoms with Crippen molar-refractivity contribution in [2.75, 3.05) is 26.3 Å². The zero-order valence-corrected chi connectivity index (χ0v) is 17.8. The first-order valence-electron chi connectivity index (χ1n) is 9.49. The molecule has 0 radical (unpaired) electrons. The van der Waals surface area contributed by atoms with Gasteiger partial charge in [0.2, 0.25) is 10.0 Å². The maximum absolute atomic E-state index is 13.0. The van der Waals surface area contributed by atoms with E-state index in [9.17, 15) is 13.2 Å². The number of rotatable bonds is 5. The molecule has 1 saturated heterocycles. The molecule has 1 aliphatic heterocycles. The van der Waals surface area contributed by atoms with Crippen LogP contribution in [-0.2, 0) is 14.8 Å². The van der Waals surface area contributed by atoms with E-state index in [1.807, 2.05) is 24.3 Å². The lowest BCUT2D eigenvalue weighted by Crippen LogP contribution is -2.40. The Hall–Kier alpha value is -2.46. The van der Waals surface area contributed by atoms with Gasteiger partial charge in [0.05, 0.1) is 35.3 Å². The van der Waals surface area contributed by atoms with Gasteiger partial charge in [-0.15, -0.1) is 0 Å². The number of para-hydroxylation sites is 2. The number of halogens is 1. The lowest BCUT2D eigenvalue weighted by atomic mass is 10.2. The predicted octanol–water partition coefficient (Wildman–Crippen LogP) is 2.73. The third-order valence-corrected chi connectivity index (χ3v) is 7.33. The number of morpholine rings is 1. The van der Waals surface area contributed by atoms with E-state index in [0.29, 0.717) is 19.0 Å². The summed E-state index contributed by atoms with van der Waals surface area (Å²) in [6.45, 7) is 2.95. The van der Waals surface area contributed by atoms with Crippen LogP contribution in [0.2, 0.25) is 5.02 Å². The molecule has 1 aliphatic rings. The highest BCUT2D eigenvalue weighted by Gasteiger charge is 2.29. The van der Waals surface area contributed by atoms with Crippen LogP contribution in [-0.4, -0.2) is 54.9 Å². The Morgan fingerprint density at radius 1 is 1.23 bits per heavy atom.